The van der Waals surface area contributed by atoms with Crippen LogP contribution in [0, 0.1) is 0 Å². The minimum Gasteiger partial charge on any atom is -0.264 e. The Balaban J connectivity index is 0.000000853. The fourth-order valence-electron chi connectivity index (χ4n) is 1.85. The molecule has 0 amide bonds. The van der Waals surface area contributed by atoms with Crippen molar-refractivity contribution in [2.24, 2.45) is 0 Å². The van der Waals surface area contributed by atoms with Gasteiger partial charge in [-0.2, -0.15) is 0 Å². The number of benzene rings is 2. The van der Waals surface area contributed by atoms with E-state index in [9.17, 15) is 0 Å². The SMILES string of the molecule is Cl.c1ccc2c(c1)ccc1cnccc12. The van der Waals surface area contributed by atoms with E-state index in [1.807, 2.05) is 12.4 Å². The molecule has 1 aromatic heterocycles. The molecule has 1 heterocycles. The van der Waals surface area contributed by atoms with Crippen molar-refractivity contribution in [3.8, 4) is 0 Å². The maximum absolute atomic E-state index is 4.12. The van der Waals surface area contributed by atoms with Gasteiger partial charge in [0.15, 0.2) is 0 Å². The molecule has 0 aliphatic rings. The molecule has 0 atom stereocenters. The average molecular weight is 216 g/mol. The average Bonchev–Trinajstić information content (AvgIpc) is 2.29. The first-order chi connectivity index (χ1) is 6.95. The van der Waals surface area contributed by atoms with Gasteiger partial charge in [0.1, 0.15) is 0 Å². The highest BCUT2D eigenvalue weighted by atomic mass is 35.5. The van der Waals surface area contributed by atoms with Crippen molar-refractivity contribution >= 4 is 34.0 Å². The number of rotatable bonds is 0. The summed E-state index contributed by atoms with van der Waals surface area (Å²) in [5.41, 5.74) is 0. The Bertz CT molecular complexity index is 550. The molecule has 74 valence electrons. The van der Waals surface area contributed by atoms with Crippen molar-refractivity contribution in [1.29, 1.82) is 0 Å². The molecule has 2 aromatic carbocycles. The molecule has 0 bridgehead atoms. The second-order valence-electron chi connectivity index (χ2n) is 3.38. The van der Waals surface area contributed by atoms with Gasteiger partial charge in [-0.15, -0.1) is 12.4 Å². The summed E-state index contributed by atoms with van der Waals surface area (Å²) in [5, 5.41) is 5.06. The smallest absolute Gasteiger partial charge is 0.0346 e. The number of hydrogen-bond donors (Lipinski definition) is 0. The third kappa shape index (κ3) is 1.55. The van der Waals surface area contributed by atoms with Crippen LogP contribution in [0.1, 0.15) is 0 Å². The van der Waals surface area contributed by atoms with Crippen molar-refractivity contribution in [3.63, 3.8) is 0 Å². The highest BCUT2D eigenvalue weighted by molar-refractivity contribution is 6.06. The molecule has 0 N–H and O–H groups in total. The fraction of sp³-hybridized carbons (Fsp3) is 0. The lowest BCUT2D eigenvalue weighted by Gasteiger charge is -2.01. The molecule has 0 fully saturated rings. The monoisotopic (exact) mass is 215 g/mol. The zero-order valence-corrected chi connectivity index (χ0v) is 8.87. The van der Waals surface area contributed by atoms with Gasteiger partial charge in [-0.25, -0.2) is 0 Å². The molecule has 0 spiro atoms. The summed E-state index contributed by atoms with van der Waals surface area (Å²) in [6.45, 7) is 0. The van der Waals surface area contributed by atoms with Crippen LogP contribution in [0.3, 0.4) is 0 Å². The van der Waals surface area contributed by atoms with E-state index in [0.29, 0.717) is 0 Å². The Morgan fingerprint density at radius 1 is 0.733 bits per heavy atom. The van der Waals surface area contributed by atoms with Crippen LogP contribution in [0.2, 0.25) is 0 Å². The molecule has 0 saturated heterocycles. The quantitative estimate of drug-likeness (QED) is 0.520. The van der Waals surface area contributed by atoms with E-state index in [0.717, 1.165) is 0 Å². The summed E-state index contributed by atoms with van der Waals surface area (Å²) in [4.78, 5) is 4.12. The number of nitrogens with zero attached hydrogens (tertiary/aromatic N) is 1. The van der Waals surface area contributed by atoms with Gasteiger partial charge in [-0.3, -0.25) is 4.98 Å². The van der Waals surface area contributed by atoms with Gasteiger partial charge in [-0.1, -0.05) is 36.4 Å². The van der Waals surface area contributed by atoms with Crippen LogP contribution in [0.25, 0.3) is 21.5 Å². The minimum atomic E-state index is 0. The predicted octanol–water partition coefficient (Wildman–Crippen LogP) is 3.81. The first-order valence-corrected chi connectivity index (χ1v) is 4.67. The Hall–Kier alpha value is -1.60. The van der Waals surface area contributed by atoms with Gasteiger partial charge in [0.25, 0.3) is 0 Å². The molecular weight excluding hydrogens is 206 g/mol. The maximum atomic E-state index is 4.12. The topological polar surface area (TPSA) is 12.9 Å². The fourth-order valence-corrected chi connectivity index (χ4v) is 1.85. The van der Waals surface area contributed by atoms with Crippen LogP contribution in [0.5, 0.6) is 0 Å². The predicted molar refractivity (Wildman–Crippen MR) is 66.5 cm³/mol. The van der Waals surface area contributed by atoms with Crippen LogP contribution >= 0.6 is 12.4 Å². The summed E-state index contributed by atoms with van der Waals surface area (Å²) < 4.78 is 0. The zero-order valence-electron chi connectivity index (χ0n) is 8.05. The van der Waals surface area contributed by atoms with Gasteiger partial charge in [0, 0.05) is 17.8 Å². The van der Waals surface area contributed by atoms with Crippen molar-refractivity contribution in [1.82, 2.24) is 4.98 Å². The standard InChI is InChI=1S/C13H9N.ClH/c1-2-4-12-10(3-1)5-6-11-9-14-8-7-13(11)12;/h1-9H;1H. The van der Waals surface area contributed by atoms with Crippen molar-refractivity contribution in [2.45, 2.75) is 0 Å². The van der Waals surface area contributed by atoms with Crippen LogP contribution in [-0.2, 0) is 0 Å². The lowest BCUT2D eigenvalue weighted by Crippen LogP contribution is -1.77. The van der Waals surface area contributed by atoms with Crippen LogP contribution < -0.4 is 0 Å². The van der Waals surface area contributed by atoms with Gasteiger partial charge in [0.2, 0.25) is 0 Å². The van der Waals surface area contributed by atoms with Crippen molar-refractivity contribution in [2.75, 3.05) is 0 Å². The lowest BCUT2D eigenvalue weighted by atomic mass is 10.0. The van der Waals surface area contributed by atoms with Gasteiger partial charge in [-0.05, 0) is 22.2 Å². The van der Waals surface area contributed by atoms with Crippen molar-refractivity contribution < 1.29 is 0 Å². The Kier molecular flexibility index (Phi) is 2.57. The first-order valence-electron chi connectivity index (χ1n) is 4.67. The van der Waals surface area contributed by atoms with Crippen LogP contribution in [0.15, 0.2) is 54.9 Å². The molecule has 3 rings (SSSR count). The molecule has 0 aliphatic carbocycles. The van der Waals surface area contributed by atoms with Crippen LogP contribution in [0.4, 0.5) is 0 Å². The van der Waals surface area contributed by atoms with Crippen molar-refractivity contribution in [3.05, 3.63) is 54.9 Å². The van der Waals surface area contributed by atoms with E-state index in [-0.39, 0.29) is 12.4 Å². The van der Waals surface area contributed by atoms with E-state index in [2.05, 4.69) is 47.4 Å². The molecule has 1 nitrogen and oxygen atoms in total. The number of aromatic nitrogens is 1. The summed E-state index contributed by atoms with van der Waals surface area (Å²) >= 11 is 0. The molecule has 0 aliphatic heterocycles. The van der Waals surface area contributed by atoms with Crippen LogP contribution in [-0.4, -0.2) is 4.98 Å². The number of hydrogen-bond acceptors (Lipinski definition) is 1. The molecule has 2 heteroatoms. The summed E-state index contributed by atoms with van der Waals surface area (Å²) in [6.07, 6.45) is 3.75. The molecule has 0 saturated carbocycles. The molecular formula is C13H10ClN. The summed E-state index contributed by atoms with van der Waals surface area (Å²) in [6, 6.07) is 14.7. The molecule has 0 unspecified atom stereocenters. The van der Waals surface area contributed by atoms with Gasteiger partial charge < -0.3 is 0 Å². The number of fused-ring (bicyclic) bond motifs is 3. The maximum Gasteiger partial charge on any atom is 0.0346 e. The van der Waals surface area contributed by atoms with E-state index < -0.39 is 0 Å². The largest absolute Gasteiger partial charge is 0.264 e. The van der Waals surface area contributed by atoms with Gasteiger partial charge in [0.05, 0.1) is 0 Å². The molecule has 3 aromatic rings. The number of pyridine rings is 1. The third-order valence-electron chi connectivity index (χ3n) is 2.55. The van der Waals surface area contributed by atoms with E-state index >= 15 is 0 Å². The normalized spacial score (nSPS) is 10.1. The minimum absolute atomic E-state index is 0. The Morgan fingerprint density at radius 3 is 2.40 bits per heavy atom. The second-order valence-corrected chi connectivity index (χ2v) is 3.38. The Morgan fingerprint density at radius 2 is 1.47 bits per heavy atom. The zero-order chi connectivity index (χ0) is 9.38. The van der Waals surface area contributed by atoms with E-state index in [4.69, 9.17) is 0 Å². The van der Waals surface area contributed by atoms with E-state index in [1.54, 1.807) is 0 Å². The highest BCUT2D eigenvalue weighted by Crippen LogP contribution is 2.23. The third-order valence-corrected chi connectivity index (χ3v) is 2.55. The highest BCUT2D eigenvalue weighted by Gasteiger charge is 1.97. The molecule has 0 radical (unpaired) electrons. The number of halogens is 1. The molecule has 15 heavy (non-hydrogen) atoms. The van der Waals surface area contributed by atoms with Gasteiger partial charge >= 0.3 is 0 Å². The second kappa shape index (κ2) is 3.87. The lowest BCUT2D eigenvalue weighted by molar-refractivity contribution is 1.37. The van der Waals surface area contributed by atoms with E-state index in [1.165, 1.54) is 21.5 Å². The Labute approximate surface area is 94.2 Å². The summed E-state index contributed by atoms with van der Waals surface area (Å²) in [7, 11) is 0. The summed E-state index contributed by atoms with van der Waals surface area (Å²) in [5.74, 6) is 0. The first kappa shape index (κ1) is 9.94.